The summed E-state index contributed by atoms with van der Waals surface area (Å²) in [5, 5.41) is 4.70. The number of rotatable bonds is 8. The average Bonchev–Trinajstić information content (AvgIpc) is 2.70. The summed E-state index contributed by atoms with van der Waals surface area (Å²) >= 11 is 0. The Morgan fingerprint density at radius 2 is 1.83 bits per heavy atom. The Hall–Kier alpha value is -3.49. The van der Waals surface area contributed by atoms with E-state index in [4.69, 9.17) is 9.47 Å². The first-order chi connectivity index (χ1) is 13.8. The fourth-order valence-corrected chi connectivity index (χ4v) is 2.34. The molecule has 0 saturated carbocycles. The van der Waals surface area contributed by atoms with Gasteiger partial charge in [0.25, 0.3) is 11.8 Å². The van der Waals surface area contributed by atoms with Gasteiger partial charge in [0.2, 0.25) is 0 Å². The van der Waals surface area contributed by atoms with Crippen molar-refractivity contribution in [1.82, 2.24) is 5.32 Å². The van der Waals surface area contributed by atoms with Crippen molar-refractivity contribution < 1.29 is 32.6 Å². The first-order valence-electron chi connectivity index (χ1n) is 8.68. The molecule has 0 aliphatic carbocycles. The number of amides is 2. The van der Waals surface area contributed by atoms with E-state index in [1.807, 2.05) is 0 Å². The van der Waals surface area contributed by atoms with Crippen LogP contribution >= 0.6 is 0 Å². The lowest BCUT2D eigenvalue weighted by molar-refractivity contribution is -0.153. The van der Waals surface area contributed by atoms with E-state index in [0.29, 0.717) is 11.3 Å². The summed E-state index contributed by atoms with van der Waals surface area (Å²) in [6.45, 7) is 1.26. The second kappa shape index (κ2) is 10.2. The molecule has 1 atom stereocenters. The van der Waals surface area contributed by atoms with Crippen LogP contribution in [0.15, 0.2) is 42.5 Å². The van der Waals surface area contributed by atoms with Crippen LogP contribution in [0, 0.1) is 11.6 Å². The molecule has 2 aromatic carbocycles. The maximum atomic E-state index is 13.6. The third-order valence-corrected chi connectivity index (χ3v) is 3.83. The van der Waals surface area contributed by atoms with Gasteiger partial charge >= 0.3 is 5.97 Å². The zero-order valence-electron chi connectivity index (χ0n) is 15.8. The third-order valence-electron chi connectivity index (χ3n) is 3.83. The quantitative estimate of drug-likeness (QED) is 0.658. The van der Waals surface area contributed by atoms with Gasteiger partial charge in [0, 0.05) is 12.6 Å². The number of carbonyl (C=O) groups is 3. The SMILES string of the molecule is COc1ccccc1C(=O)NCCC(=O)O[C@@H](C)C(=O)Nc1cc(F)ccc1F. The number of hydrogen-bond acceptors (Lipinski definition) is 5. The van der Waals surface area contributed by atoms with Gasteiger partial charge < -0.3 is 20.1 Å². The van der Waals surface area contributed by atoms with Crippen molar-refractivity contribution in [3.8, 4) is 5.75 Å². The Labute approximate surface area is 166 Å². The molecule has 2 rings (SSSR count). The monoisotopic (exact) mass is 406 g/mol. The van der Waals surface area contributed by atoms with E-state index in [1.54, 1.807) is 24.3 Å². The molecule has 0 fully saturated rings. The number of methoxy groups -OCH3 is 1. The van der Waals surface area contributed by atoms with E-state index < -0.39 is 35.5 Å². The smallest absolute Gasteiger partial charge is 0.308 e. The highest BCUT2D eigenvalue weighted by Crippen LogP contribution is 2.17. The van der Waals surface area contributed by atoms with Gasteiger partial charge in [-0.25, -0.2) is 8.78 Å². The Bertz CT molecular complexity index is 904. The molecule has 7 nitrogen and oxygen atoms in total. The van der Waals surface area contributed by atoms with Crippen LogP contribution < -0.4 is 15.4 Å². The van der Waals surface area contributed by atoms with Crippen molar-refractivity contribution in [3.05, 3.63) is 59.7 Å². The minimum absolute atomic E-state index is 0.0252. The van der Waals surface area contributed by atoms with Crippen LogP contribution in [0.2, 0.25) is 0 Å². The van der Waals surface area contributed by atoms with Crippen LogP contribution in [0.4, 0.5) is 14.5 Å². The summed E-state index contributed by atoms with van der Waals surface area (Å²) < 4.78 is 36.7. The highest BCUT2D eigenvalue weighted by molar-refractivity contribution is 5.97. The summed E-state index contributed by atoms with van der Waals surface area (Å²) in [6, 6.07) is 9.19. The van der Waals surface area contributed by atoms with Crippen LogP contribution in [-0.4, -0.2) is 37.5 Å². The van der Waals surface area contributed by atoms with Crippen molar-refractivity contribution in [2.75, 3.05) is 19.0 Å². The molecule has 0 saturated heterocycles. The lowest BCUT2D eigenvalue weighted by Gasteiger charge is -2.14. The topological polar surface area (TPSA) is 93.7 Å². The van der Waals surface area contributed by atoms with E-state index in [1.165, 1.54) is 14.0 Å². The largest absolute Gasteiger partial charge is 0.496 e. The van der Waals surface area contributed by atoms with Gasteiger partial charge in [0.15, 0.2) is 6.10 Å². The lowest BCUT2D eigenvalue weighted by atomic mass is 10.2. The van der Waals surface area contributed by atoms with E-state index in [0.717, 1.165) is 18.2 Å². The number of carbonyl (C=O) groups excluding carboxylic acids is 3. The highest BCUT2D eigenvalue weighted by atomic mass is 19.1. The van der Waals surface area contributed by atoms with E-state index in [9.17, 15) is 23.2 Å². The molecule has 0 unspecified atom stereocenters. The molecule has 0 spiro atoms. The number of ether oxygens (including phenoxy) is 2. The van der Waals surface area contributed by atoms with Gasteiger partial charge in [-0.05, 0) is 31.2 Å². The zero-order valence-corrected chi connectivity index (χ0v) is 15.8. The average molecular weight is 406 g/mol. The molecular formula is C20H20F2N2O5. The predicted octanol–water partition coefficient (Wildman–Crippen LogP) is 2.66. The summed E-state index contributed by atoms with van der Waals surface area (Å²) in [4.78, 5) is 36.0. The first kappa shape index (κ1) is 21.8. The molecular weight excluding hydrogens is 386 g/mol. The summed E-state index contributed by atoms with van der Waals surface area (Å²) in [7, 11) is 1.44. The van der Waals surface area contributed by atoms with Gasteiger partial charge in [-0.1, -0.05) is 12.1 Å². The molecule has 2 amide bonds. The van der Waals surface area contributed by atoms with Crippen molar-refractivity contribution in [2.24, 2.45) is 0 Å². The standard InChI is InChI=1S/C20H20F2N2O5/c1-12(19(26)24-16-11-13(21)7-8-15(16)22)29-18(25)9-10-23-20(27)14-5-3-4-6-17(14)28-2/h3-8,11-12H,9-10H2,1-2H3,(H,23,27)(H,24,26)/t12-/m0/s1. The molecule has 2 aromatic rings. The predicted molar refractivity (Wildman–Crippen MR) is 100 cm³/mol. The number of anilines is 1. The first-order valence-corrected chi connectivity index (χ1v) is 8.68. The van der Waals surface area contributed by atoms with Crippen LogP contribution in [0.5, 0.6) is 5.75 Å². The van der Waals surface area contributed by atoms with E-state index in [-0.39, 0.29) is 18.7 Å². The minimum Gasteiger partial charge on any atom is -0.496 e. The number of esters is 1. The maximum absolute atomic E-state index is 13.6. The van der Waals surface area contributed by atoms with Gasteiger partial charge in [0.05, 0.1) is 24.8 Å². The number of halogens is 2. The molecule has 0 bridgehead atoms. The highest BCUT2D eigenvalue weighted by Gasteiger charge is 2.20. The van der Waals surface area contributed by atoms with Crippen molar-refractivity contribution in [2.45, 2.75) is 19.4 Å². The summed E-state index contributed by atoms with van der Waals surface area (Å²) in [5.74, 6) is -3.15. The van der Waals surface area contributed by atoms with Crippen LogP contribution in [0.25, 0.3) is 0 Å². The molecule has 2 N–H and O–H groups in total. The second-order valence-corrected chi connectivity index (χ2v) is 5.95. The van der Waals surface area contributed by atoms with Gasteiger partial charge in [-0.15, -0.1) is 0 Å². The Kier molecular flexibility index (Phi) is 7.64. The fraction of sp³-hybridized carbons (Fsp3) is 0.250. The van der Waals surface area contributed by atoms with Gasteiger partial charge in [0.1, 0.15) is 17.4 Å². The fourth-order valence-electron chi connectivity index (χ4n) is 2.34. The third kappa shape index (κ3) is 6.27. The van der Waals surface area contributed by atoms with E-state index >= 15 is 0 Å². The van der Waals surface area contributed by atoms with Crippen molar-refractivity contribution in [1.29, 1.82) is 0 Å². The van der Waals surface area contributed by atoms with E-state index in [2.05, 4.69) is 10.6 Å². The van der Waals surface area contributed by atoms with Crippen LogP contribution in [0.1, 0.15) is 23.7 Å². The minimum atomic E-state index is -1.24. The number of benzene rings is 2. The summed E-state index contributed by atoms with van der Waals surface area (Å²) in [5.41, 5.74) is -0.0461. The van der Waals surface area contributed by atoms with Gasteiger partial charge in [-0.2, -0.15) is 0 Å². The molecule has 0 radical (unpaired) electrons. The van der Waals surface area contributed by atoms with Crippen LogP contribution in [-0.2, 0) is 14.3 Å². The molecule has 29 heavy (non-hydrogen) atoms. The molecule has 0 aliphatic rings. The normalized spacial score (nSPS) is 11.3. The molecule has 0 heterocycles. The Morgan fingerprint density at radius 3 is 2.55 bits per heavy atom. The van der Waals surface area contributed by atoms with Crippen LogP contribution in [0.3, 0.4) is 0 Å². The maximum Gasteiger partial charge on any atom is 0.308 e. The Morgan fingerprint density at radius 1 is 1.10 bits per heavy atom. The van der Waals surface area contributed by atoms with Crippen molar-refractivity contribution in [3.63, 3.8) is 0 Å². The summed E-state index contributed by atoms with van der Waals surface area (Å²) in [6.07, 6.45) is -1.43. The van der Waals surface area contributed by atoms with Gasteiger partial charge in [-0.3, -0.25) is 14.4 Å². The number of nitrogens with one attached hydrogen (secondary N) is 2. The number of para-hydroxylation sites is 1. The second-order valence-electron chi connectivity index (χ2n) is 5.95. The molecule has 154 valence electrons. The van der Waals surface area contributed by atoms with Crippen molar-refractivity contribution >= 4 is 23.5 Å². The zero-order chi connectivity index (χ0) is 21.4. The molecule has 0 aromatic heterocycles. The molecule has 9 heteroatoms. The Balaban J connectivity index is 1.80. The lowest BCUT2D eigenvalue weighted by Crippen LogP contribution is -2.32. The molecule has 0 aliphatic heterocycles. The number of hydrogen-bond donors (Lipinski definition) is 2.